The molecule has 0 amide bonds. The largest absolute Gasteiger partial charge is 0.322 e. The van der Waals surface area contributed by atoms with Gasteiger partial charge in [-0.2, -0.15) is 4.31 Å². The molecule has 0 bridgehead atoms. The predicted molar refractivity (Wildman–Crippen MR) is 105 cm³/mol. The molecule has 0 saturated carbocycles. The molecule has 2 heterocycles. The van der Waals surface area contributed by atoms with Crippen LogP contribution in [0.3, 0.4) is 0 Å². The molecule has 0 unspecified atom stereocenters. The Morgan fingerprint density at radius 2 is 1.56 bits per heavy atom. The van der Waals surface area contributed by atoms with Gasteiger partial charge in [-0.05, 0) is 29.7 Å². The zero-order valence-electron chi connectivity index (χ0n) is 14.8. The first-order valence-electron chi connectivity index (χ1n) is 8.92. The molecule has 2 aromatic carbocycles. The van der Waals surface area contributed by atoms with Crippen LogP contribution in [0.2, 0.25) is 0 Å². The van der Waals surface area contributed by atoms with Crippen LogP contribution in [0.1, 0.15) is 5.56 Å². The van der Waals surface area contributed by atoms with Crippen LogP contribution in [-0.2, 0) is 16.6 Å². The van der Waals surface area contributed by atoms with E-state index in [-0.39, 0.29) is 5.56 Å². The molecule has 1 aliphatic rings. The molecule has 27 heavy (non-hydrogen) atoms. The van der Waals surface area contributed by atoms with E-state index in [2.05, 4.69) is 9.88 Å². The minimum Gasteiger partial charge on any atom is -0.322 e. The Balaban J connectivity index is 1.46. The third-order valence-electron chi connectivity index (χ3n) is 4.94. The molecule has 1 aliphatic heterocycles. The molecular formula is C20H21N3O3S. The molecule has 140 valence electrons. The number of para-hydroxylation sites is 1. The van der Waals surface area contributed by atoms with Gasteiger partial charge in [-0.1, -0.05) is 36.4 Å². The lowest BCUT2D eigenvalue weighted by atomic mass is 10.1. The Labute approximate surface area is 158 Å². The summed E-state index contributed by atoms with van der Waals surface area (Å²) in [5.41, 5.74) is 1.44. The van der Waals surface area contributed by atoms with Crippen molar-refractivity contribution in [3.63, 3.8) is 0 Å². The summed E-state index contributed by atoms with van der Waals surface area (Å²) in [4.78, 5) is 17.7. The summed E-state index contributed by atoms with van der Waals surface area (Å²) in [5.74, 6) is 0. The number of rotatable bonds is 4. The predicted octanol–water partition coefficient (Wildman–Crippen LogP) is 2.03. The summed E-state index contributed by atoms with van der Waals surface area (Å²) in [5, 5.41) is 0.998. The lowest BCUT2D eigenvalue weighted by molar-refractivity contribution is 0.181. The van der Waals surface area contributed by atoms with Gasteiger partial charge in [0.05, 0.1) is 4.90 Å². The van der Waals surface area contributed by atoms with Crippen molar-refractivity contribution in [2.75, 3.05) is 26.2 Å². The van der Waals surface area contributed by atoms with Crippen molar-refractivity contribution < 1.29 is 8.42 Å². The maximum absolute atomic E-state index is 12.7. The minimum absolute atomic E-state index is 0.0898. The van der Waals surface area contributed by atoms with Crippen LogP contribution in [-0.4, -0.2) is 48.8 Å². The molecule has 7 heteroatoms. The number of nitrogens with zero attached hydrogens (tertiary/aromatic N) is 2. The maximum Gasteiger partial charge on any atom is 0.252 e. The van der Waals surface area contributed by atoms with Crippen LogP contribution in [0.4, 0.5) is 0 Å². The number of sulfonamides is 1. The van der Waals surface area contributed by atoms with Crippen LogP contribution in [0, 0.1) is 0 Å². The van der Waals surface area contributed by atoms with Crippen molar-refractivity contribution in [1.82, 2.24) is 14.2 Å². The Morgan fingerprint density at radius 3 is 2.30 bits per heavy atom. The highest BCUT2D eigenvalue weighted by molar-refractivity contribution is 7.89. The Hall–Kier alpha value is -2.48. The van der Waals surface area contributed by atoms with E-state index in [0.717, 1.165) is 10.9 Å². The van der Waals surface area contributed by atoms with Crippen molar-refractivity contribution in [1.29, 1.82) is 0 Å². The van der Waals surface area contributed by atoms with Gasteiger partial charge in [0, 0.05) is 43.8 Å². The molecule has 0 spiro atoms. The van der Waals surface area contributed by atoms with Gasteiger partial charge in [0.2, 0.25) is 10.0 Å². The first kappa shape index (κ1) is 17.9. The van der Waals surface area contributed by atoms with E-state index in [1.165, 1.54) is 4.31 Å². The zero-order chi connectivity index (χ0) is 18.9. The number of nitrogens with one attached hydrogen (secondary N) is 1. The third kappa shape index (κ3) is 3.66. The summed E-state index contributed by atoms with van der Waals surface area (Å²) >= 11 is 0. The second-order valence-electron chi connectivity index (χ2n) is 6.70. The summed E-state index contributed by atoms with van der Waals surface area (Å²) in [6.07, 6.45) is 0. The van der Waals surface area contributed by atoms with Gasteiger partial charge < -0.3 is 4.98 Å². The number of pyridine rings is 1. The van der Waals surface area contributed by atoms with Crippen LogP contribution in [0.15, 0.2) is 70.4 Å². The van der Waals surface area contributed by atoms with Crippen LogP contribution < -0.4 is 5.56 Å². The second kappa shape index (κ2) is 7.26. The minimum atomic E-state index is -3.46. The number of H-pyrrole nitrogens is 1. The van der Waals surface area contributed by atoms with Gasteiger partial charge in [-0.3, -0.25) is 9.69 Å². The van der Waals surface area contributed by atoms with E-state index in [1.807, 2.05) is 30.3 Å². The molecule has 0 radical (unpaired) electrons. The van der Waals surface area contributed by atoms with Gasteiger partial charge in [0.1, 0.15) is 0 Å². The van der Waals surface area contributed by atoms with Gasteiger partial charge in [0.15, 0.2) is 0 Å². The zero-order valence-corrected chi connectivity index (χ0v) is 15.7. The Morgan fingerprint density at radius 1 is 0.889 bits per heavy atom. The average molecular weight is 383 g/mol. The van der Waals surface area contributed by atoms with Gasteiger partial charge in [-0.15, -0.1) is 0 Å². The molecule has 6 nitrogen and oxygen atoms in total. The molecule has 1 saturated heterocycles. The smallest absolute Gasteiger partial charge is 0.252 e. The van der Waals surface area contributed by atoms with Crippen molar-refractivity contribution in [2.45, 2.75) is 11.4 Å². The van der Waals surface area contributed by atoms with Crippen molar-refractivity contribution in [3.05, 3.63) is 76.6 Å². The molecular weight excluding hydrogens is 362 g/mol. The summed E-state index contributed by atoms with van der Waals surface area (Å²) in [6, 6.07) is 18.1. The first-order valence-corrected chi connectivity index (χ1v) is 10.4. The number of aromatic amines is 1. The lowest BCUT2D eigenvalue weighted by Gasteiger charge is -2.33. The average Bonchev–Trinajstić information content (AvgIpc) is 2.70. The fourth-order valence-corrected chi connectivity index (χ4v) is 4.86. The van der Waals surface area contributed by atoms with Crippen LogP contribution in [0.25, 0.3) is 10.9 Å². The van der Waals surface area contributed by atoms with Gasteiger partial charge >= 0.3 is 0 Å². The van der Waals surface area contributed by atoms with Crippen molar-refractivity contribution >= 4 is 20.9 Å². The molecule has 3 aromatic rings. The lowest BCUT2D eigenvalue weighted by Crippen LogP contribution is -2.48. The SMILES string of the molecule is O=c1[nH]c2ccccc2cc1CN1CCN(S(=O)(=O)c2ccccc2)CC1. The first-order chi connectivity index (χ1) is 13.0. The summed E-state index contributed by atoms with van der Waals surface area (Å²) in [7, 11) is -3.46. The normalized spacial score (nSPS) is 16.6. The number of fused-ring (bicyclic) bond motifs is 1. The van der Waals surface area contributed by atoms with Crippen molar-refractivity contribution in [2.24, 2.45) is 0 Å². The second-order valence-corrected chi connectivity index (χ2v) is 8.64. The van der Waals surface area contributed by atoms with E-state index in [1.54, 1.807) is 30.3 Å². The fourth-order valence-electron chi connectivity index (χ4n) is 3.42. The molecule has 0 atom stereocenters. The Bertz CT molecular complexity index is 1100. The standard InChI is InChI=1S/C20H21N3O3S/c24-20-17(14-16-6-4-5-9-19(16)21-20)15-22-10-12-23(13-11-22)27(25,26)18-7-2-1-3-8-18/h1-9,14H,10-13,15H2,(H,21,24). The van der Waals surface area contributed by atoms with Crippen LogP contribution in [0.5, 0.6) is 0 Å². The molecule has 0 aliphatic carbocycles. The topological polar surface area (TPSA) is 73.5 Å². The monoisotopic (exact) mass is 383 g/mol. The molecule has 4 rings (SSSR count). The number of aromatic nitrogens is 1. The molecule has 1 aromatic heterocycles. The van der Waals surface area contributed by atoms with E-state index in [0.29, 0.717) is 43.2 Å². The van der Waals surface area contributed by atoms with E-state index < -0.39 is 10.0 Å². The highest BCUT2D eigenvalue weighted by Gasteiger charge is 2.28. The van der Waals surface area contributed by atoms with Gasteiger partial charge in [0.25, 0.3) is 5.56 Å². The summed E-state index contributed by atoms with van der Waals surface area (Å²) in [6.45, 7) is 2.54. The van der Waals surface area contributed by atoms with E-state index >= 15 is 0 Å². The van der Waals surface area contributed by atoms with Crippen LogP contribution >= 0.6 is 0 Å². The quantitative estimate of drug-likeness (QED) is 0.748. The molecule has 1 fully saturated rings. The summed E-state index contributed by atoms with van der Waals surface area (Å²) < 4.78 is 26.9. The highest BCUT2D eigenvalue weighted by atomic mass is 32.2. The number of piperazine rings is 1. The molecule has 1 N–H and O–H groups in total. The van der Waals surface area contributed by atoms with E-state index in [4.69, 9.17) is 0 Å². The van der Waals surface area contributed by atoms with E-state index in [9.17, 15) is 13.2 Å². The fraction of sp³-hybridized carbons (Fsp3) is 0.250. The highest BCUT2D eigenvalue weighted by Crippen LogP contribution is 2.18. The van der Waals surface area contributed by atoms with Gasteiger partial charge in [-0.25, -0.2) is 8.42 Å². The van der Waals surface area contributed by atoms with Crippen molar-refractivity contribution in [3.8, 4) is 0 Å². The number of hydrogen-bond acceptors (Lipinski definition) is 4. The number of hydrogen-bond donors (Lipinski definition) is 1. The Kier molecular flexibility index (Phi) is 4.82. The maximum atomic E-state index is 12.7. The number of benzene rings is 2. The third-order valence-corrected chi connectivity index (χ3v) is 6.85.